The molecule has 2 nitrogen and oxygen atoms in total. The van der Waals surface area contributed by atoms with Crippen LogP contribution < -0.4 is 5.32 Å². The zero-order chi connectivity index (χ0) is 12.4. The lowest BCUT2D eigenvalue weighted by Crippen LogP contribution is -2.43. The molecule has 0 amide bonds. The van der Waals surface area contributed by atoms with Crippen LogP contribution in [0.2, 0.25) is 0 Å². The van der Waals surface area contributed by atoms with Crippen LogP contribution in [0.4, 0.5) is 0 Å². The van der Waals surface area contributed by atoms with Gasteiger partial charge in [-0.3, -0.25) is 0 Å². The molecule has 1 saturated carbocycles. The van der Waals surface area contributed by atoms with Gasteiger partial charge in [-0.25, -0.2) is 0 Å². The summed E-state index contributed by atoms with van der Waals surface area (Å²) in [4.78, 5) is 3.33. The Morgan fingerprint density at radius 1 is 1.33 bits per heavy atom. The normalized spacial score (nSPS) is 17.8. The largest absolute Gasteiger partial charge is 0.361 e. The molecular weight excluding hydrogens is 240 g/mol. The summed E-state index contributed by atoms with van der Waals surface area (Å²) in [7, 11) is 0. The fourth-order valence-electron chi connectivity index (χ4n) is 2.73. The highest BCUT2D eigenvalue weighted by Gasteiger charge is 2.35. The van der Waals surface area contributed by atoms with Crippen LogP contribution >= 0.6 is 11.8 Å². The highest BCUT2D eigenvalue weighted by Crippen LogP contribution is 2.42. The molecule has 96 valence electrons. The number of benzene rings is 1. The SMILES string of the molecule is CSC1(CNCc2c[nH]c3ccccc23)CCC1. The second kappa shape index (κ2) is 4.98. The van der Waals surface area contributed by atoms with E-state index in [1.807, 2.05) is 11.8 Å². The molecule has 1 heterocycles. The van der Waals surface area contributed by atoms with Gasteiger partial charge < -0.3 is 10.3 Å². The van der Waals surface area contributed by atoms with Crippen molar-refractivity contribution in [2.24, 2.45) is 0 Å². The Bertz CT molecular complexity index is 523. The molecule has 2 aromatic rings. The molecule has 0 bridgehead atoms. The molecule has 0 spiro atoms. The van der Waals surface area contributed by atoms with E-state index in [1.54, 1.807) is 0 Å². The summed E-state index contributed by atoms with van der Waals surface area (Å²) < 4.78 is 0.520. The maximum Gasteiger partial charge on any atom is 0.0457 e. The predicted octanol–water partition coefficient (Wildman–Crippen LogP) is 3.54. The van der Waals surface area contributed by atoms with E-state index in [-0.39, 0.29) is 0 Å². The number of nitrogens with one attached hydrogen (secondary N) is 2. The standard InChI is InChI=1S/C15H20N2S/c1-18-15(7-4-8-15)11-16-9-12-10-17-14-6-3-2-5-13(12)14/h2-3,5-6,10,16-17H,4,7-9,11H2,1H3. The molecule has 3 rings (SSSR count). The number of aromatic amines is 1. The van der Waals surface area contributed by atoms with E-state index >= 15 is 0 Å². The number of aromatic nitrogens is 1. The van der Waals surface area contributed by atoms with Gasteiger partial charge in [0.25, 0.3) is 0 Å². The summed E-state index contributed by atoms with van der Waals surface area (Å²) in [6.07, 6.45) is 8.51. The number of H-pyrrole nitrogens is 1. The Morgan fingerprint density at radius 2 is 2.17 bits per heavy atom. The van der Waals surface area contributed by atoms with Crippen molar-refractivity contribution in [3.8, 4) is 0 Å². The van der Waals surface area contributed by atoms with Gasteiger partial charge in [0.1, 0.15) is 0 Å². The molecule has 1 aromatic carbocycles. The number of hydrogen-bond donors (Lipinski definition) is 2. The van der Waals surface area contributed by atoms with Crippen molar-refractivity contribution >= 4 is 22.7 Å². The Hall–Kier alpha value is -0.930. The number of fused-ring (bicyclic) bond motifs is 1. The molecule has 1 fully saturated rings. The van der Waals surface area contributed by atoms with E-state index in [0.29, 0.717) is 4.75 Å². The van der Waals surface area contributed by atoms with Gasteiger partial charge in [0.15, 0.2) is 0 Å². The molecular formula is C15H20N2S. The average molecular weight is 260 g/mol. The first-order chi connectivity index (χ1) is 8.83. The van der Waals surface area contributed by atoms with Crippen molar-refractivity contribution in [1.29, 1.82) is 0 Å². The van der Waals surface area contributed by atoms with E-state index in [2.05, 4.69) is 47.0 Å². The zero-order valence-electron chi connectivity index (χ0n) is 10.8. The first kappa shape index (κ1) is 12.1. The summed E-state index contributed by atoms with van der Waals surface area (Å²) in [6, 6.07) is 8.51. The minimum atomic E-state index is 0.520. The van der Waals surface area contributed by atoms with Gasteiger partial charge in [0.2, 0.25) is 0 Å². The molecule has 1 aromatic heterocycles. The predicted molar refractivity (Wildman–Crippen MR) is 80.1 cm³/mol. The van der Waals surface area contributed by atoms with Crippen LogP contribution in [0, 0.1) is 0 Å². The molecule has 0 aliphatic heterocycles. The Balaban J connectivity index is 1.63. The molecule has 1 aliphatic rings. The second-order valence-corrected chi connectivity index (χ2v) is 6.48. The van der Waals surface area contributed by atoms with Gasteiger partial charge in [0, 0.05) is 34.9 Å². The van der Waals surface area contributed by atoms with Crippen molar-refractivity contribution in [2.75, 3.05) is 12.8 Å². The van der Waals surface area contributed by atoms with Crippen molar-refractivity contribution in [2.45, 2.75) is 30.6 Å². The quantitative estimate of drug-likeness (QED) is 0.860. The van der Waals surface area contributed by atoms with Crippen LogP contribution in [0.15, 0.2) is 30.5 Å². The molecule has 1 aliphatic carbocycles. The van der Waals surface area contributed by atoms with E-state index in [9.17, 15) is 0 Å². The summed E-state index contributed by atoms with van der Waals surface area (Å²) >= 11 is 2.03. The summed E-state index contributed by atoms with van der Waals surface area (Å²) in [5, 5.41) is 4.98. The van der Waals surface area contributed by atoms with E-state index in [0.717, 1.165) is 13.1 Å². The highest BCUT2D eigenvalue weighted by molar-refractivity contribution is 8.00. The average Bonchev–Trinajstić information content (AvgIpc) is 2.76. The van der Waals surface area contributed by atoms with Gasteiger partial charge in [0.05, 0.1) is 0 Å². The minimum Gasteiger partial charge on any atom is -0.361 e. The summed E-state index contributed by atoms with van der Waals surface area (Å²) in [6.45, 7) is 2.10. The smallest absolute Gasteiger partial charge is 0.0457 e. The third-order valence-corrected chi connectivity index (χ3v) is 5.55. The zero-order valence-corrected chi connectivity index (χ0v) is 11.6. The van der Waals surface area contributed by atoms with Gasteiger partial charge in [-0.05, 0) is 30.7 Å². The molecule has 18 heavy (non-hydrogen) atoms. The fraction of sp³-hybridized carbons (Fsp3) is 0.467. The Kier molecular flexibility index (Phi) is 3.35. The third-order valence-electron chi connectivity index (χ3n) is 4.14. The molecule has 0 atom stereocenters. The maximum absolute atomic E-state index is 3.63. The van der Waals surface area contributed by atoms with Crippen LogP contribution in [0.5, 0.6) is 0 Å². The summed E-state index contributed by atoms with van der Waals surface area (Å²) in [5.41, 5.74) is 2.61. The van der Waals surface area contributed by atoms with Crippen LogP contribution in [0.25, 0.3) is 10.9 Å². The molecule has 0 radical (unpaired) electrons. The van der Waals surface area contributed by atoms with Crippen molar-refractivity contribution in [3.05, 3.63) is 36.0 Å². The van der Waals surface area contributed by atoms with E-state index in [4.69, 9.17) is 0 Å². The van der Waals surface area contributed by atoms with Crippen LogP contribution in [0.1, 0.15) is 24.8 Å². The highest BCUT2D eigenvalue weighted by atomic mass is 32.2. The number of rotatable bonds is 5. The lowest BCUT2D eigenvalue weighted by atomic mass is 9.84. The first-order valence-corrected chi connectivity index (χ1v) is 7.86. The lowest BCUT2D eigenvalue weighted by molar-refractivity contribution is 0.345. The monoisotopic (exact) mass is 260 g/mol. The van der Waals surface area contributed by atoms with E-state index < -0.39 is 0 Å². The lowest BCUT2D eigenvalue weighted by Gasteiger charge is -2.40. The van der Waals surface area contributed by atoms with Crippen LogP contribution in [-0.2, 0) is 6.54 Å². The fourth-order valence-corrected chi connectivity index (χ4v) is 3.67. The third kappa shape index (κ3) is 2.17. The first-order valence-electron chi connectivity index (χ1n) is 6.64. The van der Waals surface area contributed by atoms with Gasteiger partial charge in [-0.1, -0.05) is 24.6 Å². The Morgan fingerprint density at radius 3 is 2.89 bits per heavy atom. The van der Waals surface area contributed by atoms with Crippen LogP contribution in [-0.4, -0.2) is 22.5 Å². The maximum atomic E-state index is 3.63. The summed E-state index contributed by atoms with van der Waals surface area (Å²) in [5.74, 6) is 0. The molecule has 2 N–H and O–H groups in total. The topological polar surface area (TPSA) is 27.8 Å². The number of hydrogen-bond acceptors (Lipinski definition) is 2. The van der Waals surface area contributed by atoms with Crippen molar-refractivity contribution < 1.29 is 0 Å². The Labute approximate surface area is 113 Å². The van der Waals surface area contributed by atoms with Crippen molar-refractivity contribution in [3.63, 3.8) is 0 Å². The van der Waals surface area contributed by atoms with Crippen LogP contribution in [0.3, 0.4) is 0 Å². The van der Waals surface area contributed by atoms with Gasteiger partial charge >= 0.3 is 0 Å². The second-order valence-electron chi connectivity index (χ2n) is 5.20. The van der Waals surface area contributed by atoms with Crippen molar-refractivity contribution in [1.82, 2.24) is 10.3 Å². The number of thioether (sulfide) groups is 1. The molecule has 3 heteroatoms. The molecule has 0 unspecified atom stereocenters. The van der Waals surface area contributed by atoms with E-state index in [1.165, 1.54) is 35.7 Å². The van der Waals surface area contributed by atoms with Gasteiger partial charge in [-0.15, -0.1) is 0 Å². The van der Waals surface area contributed by atoms with Gasteiger partial charge in [-0.2, -0.15) is 11.8 Å². The number of para-hydroxylation sites is 1. The molecule has 0 saturated heterocycles. The minimum absolute atomic E-state index is 0.520.